The second-order valence-corrected chi connectivity index (χ2v) is 6.33. The summed E-state index contributed by atoms with van der Waals surface area (Å²) in [6.07, 6.45) is 6.11. The van der Waals surface area contributed by atoms with Crippen molar-refractivity contribution in [1.82, 2.24) is 10.2 Å². The van der Waals surface area contributed by atoms with Crippen LogP contribution in [0.25, 0.3) is 0 Å². The zero-order valence-electron chi connectivity index (χ0n) is 12.0. The molecule has 0 aromatic rings. The lowest BCUT2D eigenvalue weighted by Gasteiger charge is -2.26. The second kappa shape index (κ2) is 5.19. The summed E-state index contributed by atoms with van der Waals surface area (Å²) in [5.74, 6) is 2.70. The summed E-state index contributed by atoms with van der Waals surface area (Å²) in [4.78, 5) is 13.6. The van der Waals surface area contributed by atoms with Gasteiger partial charge in [-0.05, 0) is 41.0 Å². The SMILES string of the molecule is C#CC(C)(C)NC1CCN(C(=O)OC(C)(C)C)C1. The molecule has 4 nitrogen and oxygen atoms in total. The Labute approximate surface area is 110 Å². The molecular weight excluding hydrogens is 228 g/mol. The molecule has 1 heterocycles. The fraction of sp³-hybridized carbons (Fsp3) is 0.786. The van der Waals surface area contributed by atoms with E-state index < -0.39 is 5.60 Å². The Balaban J connectivity index is 2.47. The van der Waals surface area contributed by atoms with Gasteiger partial charge in [-0.2, -0.15) is 0 Å². The van der Waals surface area contributed by atoms with Crippen LogP contribution in [0.5, 0.6) is 0 Å². The van der Waals surface area contributed by atoms with E-state index in [1.54, 1.807) is 4.90 Å². The normalized spacial score (nSPS) is 20.7. The first-order valence-electron chi connectivity index (χ1n) is 6.36. The van der Waals surface area contributed by atoms with E-state index in [9.17, 15) is 4.79 Å². The Bertz CT molecular complexity index is 350. The van der Waals surface area contributed by atoms with Gasteiger partial charge < -0.3 is 9.64 Å². The number of hydrogen-bond donors (Lipinski definition) is 1. The number of terminal acetylenes is 1. The van der Waals surface area contributed by atoms with Crippen LogP contribution in [0.4, 0.5) is 4.79 Å². The number of nitrogens with one attached hydrogen (secondary N) is 1. The average Bonchev–Trinajstić information content (AvgIpc) is 2.63. The predicted octanol–water partition coefficient (Wildman–Crippen LogP) is 2.00. The fourth-order valence-corrected chi connectivity index (χ4v) is 1.92. The van der Waals surface area contributed by atoms with Crippen LogP contribution in [-0.4, -0.2) is 41.3 Å². The number of ether oxygens (including phenoxy) is 1. The number of carbonyl (C=O) groups excluding carboxylic acids is 1. The van der Waals surface area contributed by atoms with Crippen molar-refractivity contribution in [2.75, 3.05) is 13.1 Å². The van der Waals surface area contributed by atoms with E-state index in [0.29, 0.717) is 13.1 Å². The molecule has 1 aliphatic rings. The third kappa shape index (κ3) is 4.58. The lowest BCUT2D eigenvalue weighted by atomic mass is 10.1. The molecule has 18 heavy (non-hydrogen) atoms. The molecule has 102 valence electrons. The van der Waals surface area contributed by atoms with Crippen molar-refractivity contribution in [1.29, 1.82) is 0 Å². The largest absolute Gasteiger partial charge is 0.444 e. The van der Waals surface area contributed by atoms with Crippen molar-refractivity contribution in [2.45, 2.75) is 58.2 Å². The molecule has 1 amide bonds. The number of amides is 1. The first-order valence-corrected chi connectivity index (χ1v) is 6.36. The molecule has 0 radical (unpaired) electrons. The van der Waals surface area contributed by atoms with Crippen LogP contribution >= 0.6 is 0 Å². The van der Waals surface area contributed by atoms with Crippen molar-refractivity contribution in [3.05, 3.63) is 0 Å². The van der Waals surface area contributed by atoms with Crippen molar-refractivity contribution in [3.8, 4) is 12.3 Å². The Morgan fingerprint density at radius 2 is 2.00 bits per heavy atom. The van der Waals surface area contributed by atoms with E-state index in [0.717, 1.165) is 6.42 Å². The van der Waals surface area contributed by atoms with E-state index >= 15 is 0 Å². The highest BCUT2D eigenvalue weighted by molar-refractivity contribution is 5.68. The Kier molecular flexibility index (Phi) is 4.28. The molecule has 0 spiro atoms. The molecule has 1 unspecified atom stereocenters. The third-order valence-corrected chi connectivity index (χ3v) is 2.77. The van der Waals surface area contributed by atoms with Gasteiger partial charge in [-0.1, -0.05) is 5.92 Å². The van der Waals surface area contributed by atoms with Crippen LogP contribution in [0.1, 0.15) is 41.0 Å². The Morgan fingerprint density at radius 1 is 1.39 bits per heavy atom. The van der Waals surface area contributed by atoms with Gasteiger partial charge in [0.05, 0.1) is 5.54 Å². The Morgan fingerprint density at radius 3 is 2.50 bits per heavy atom. The van der Waals surface area contributed by atoms with Gasteiger partial charge in [0.25, 0.3) is 0 Å². The predicted molar refractivity (Wildman–Crippen MR) is 72.3 cm³/mol. The summed E-state index contributed by atoms with van der Waals surface area (Å²) in [5.41, 5.74) is -0.782. The molecule has 4 heteroatoms. The van der Waals surface area contributed by atoms with E-state index in [1.165, 1.54) is 0 Å². The topological polar surface area (TPSA) is 41.6 Å². The summed E-state index contributed by atoms with van der Waals surface area (Å²) < 4.78 is 5.35. The minimum Gasteiger partial charge on any atom is -0.444 e. The van der Waals surface area contributed by atoms with Gasteiger partial charge in [0.1, 0.15) is 5.60 Å². The van der Waals surface area contributed by atoms with Gasteiger partial charge in [0, 0.05) is 19.1 Å². The lowest BCUT2D eigenvalue weighted by Crippen LogP contribution is -2.46. The minimum atomic E-state index is -0.444. The number of likely N-dealkylation sites (tertiary alicyclic amines) is 1. The maximum absolute atomic E-state index is 11.9. The zero-order valence-corrected chi connectivity index (χ0v) is 12.0. The van der Waals surface area contributed by atoms with Crippen LogP contribution in [0.3, 0.4) is 0 Å². The molecule has 1 fully saturated rings. The monoisotopic (exact) mass is 252 g/mol. The smallest absolute Gasteiger partial charge is 0.410 e. The highest BCUT2D eigenvalue weighted by Gasteiger charge is 2.31. The van der Waals surface area contributed by atoms with Crippen molar-refractivity contribution in [3.63, 3.8) is 0 Å². The summed E-state index contributed by atoms with van der Waals surface area (Å²) in [7, 11) is 0. The maximum atomic E-state index is 11.9. The van der Waals surface area contributed by atoms with E-state index in [2.05, 4.69) is 11.2 Å². The number of hydrogen-bond acceptors (Lipinski definition) is 3. The lowest BCUT2D eigenvalue weighted by molar-refractivity contribution is 0.0290. The van der Waals surface area contributed by atoms with E-state index in [4.69, 9.17) is 11.2 Å². The molecule has 1 rings (SSSR count). The van der Waals surface area contributed by atoms with Gasteiger partial charge in [-0.25, -0.2) is 4.79 Å². The second-order valence-electron chi connectivity index (χ2n) is 6.33. The van der Waals surface area contributed by atoms with Crippen molar-refractivity contribution < 1.29 is 9.53 Å². The molecule has 0 aromatic heterocycles. The third-order valence-electron chi connectivity index (χ3n) is 2.77. The van der Waals surface area contributed by atoms with Gasteiger partial charge in [-0.3, -0.25) is 5.32 Å². The van der Waals surface area contributed by atoms with Crippen LogP contribution < -0.4 is 5.32 Å². The maximum Gasteiger partial charge on any atom is 0.410 e. The summed E-state index contributed by atoms with van der Waals surface area (Å²) in [5, 5.41) is 3.37. The summed E-state index contributed by atoms with van der Waals surface area (Å²) in [6.45, 7) is 10.9. The molecular formula is C14H24N2O2. The van der Waals surface area contributed by atoms with Crippen LogP contribution in [0, 0.1) is 12.3 Å². The molecule has 0 saturated carbocycles. The zero-order chi connectivity index (χ0) is 14.0. The molecule has 1 aliphatic heterocycles. The van der Waals surface area contributed by atoms with E-state index in [1.807, 2.05) is 34.6 Å². The Hall–Kier alpha value is -1.21. The van der Waals surface area contributed by atoms with Crippen molar-refractivity contribution in [2.24, 2.45) is 0 Å². The van der Waals surface area contributed by atoms with Crippen LogP contribution in [0.15, 0.2) is 0 Å². The molecule has 0 aromatic carbocycles. The van der Waals surface area contributed by atoms with Gasteiger partial charge >= 0.3 is 6.09 Å². The highest BCUT2D eigenvalue weighted by atomic mass is 16.6. The summed E-state index contributed by atoms with van der Waals surface area (Å²) in [6, 6.07) is 0.239. The first-order chi connectivity index (χ1) is 8.13. The molecule has 1 atom stereocenters. The minimum absolute atomic E-state index is 0.239. The first kappa shape index (κ1) is 14.8. The van der Waals surface area contributed by atoms with Crippen molar-refractivity contribution >= 4 is 6.09 Å². The van der Waals surface area contributed by atoms with Crippen LogP contribution in [-0.2, 0) is 4.74 Å². The molecule has 0 bridgehead atoms. The molecule has 1 saturated heterocycles. The summed E-state index contributed by atoms with van der Waals surface area (Å²) >= 11 is 0. The quantitative estimate of drug-likeness (QED) is 0.764. The molecule has 1 N–H and O–H groups in total. The average molecular weight is 252 g/mol. The van der Waals surface area contributed by atoms with Gasteiger partial charge in [-0.15, -0.1) is 6.42 Å². The number of carbonyl (C=O) groups is 1. The fourth-order valence-electron chi connectivity index (χ4n) is 1.92. The number of rotatable bonds is 2. The highest BCUT2D eigenvalue weighted by Crippen LogP contribution is 2.16. The van der Waals surface area contributed by atoms with Gasteiger partial charge in [0.2, 0.25) is 0 Å². The standard InChI is InChI=1S/C14H24N2O2/c1-7-14(5,6)15-11-8-9-16(10-11)12(17)18-13(2,3)4/h1,11,15H,8-10H2,2-6H3. The molecule has 0 aliphatic carbocycles. The van der Waals surface area contributed by atoms with E-state index in [-0.39, 0.29) is 17.7 Å². The number of nitrogens with zero attached hydrogens (tertiary/aromatic N) is 1. The van der Waals surface area contributed by atoms with Crippen LogP contribution in [0.2, 0.25) is 0 Å². The van der Waals surface area contributed by atoms with Gasteiger partial charge in [0.15, 0.2) is 0 Å².